The van der Waals surface area contributed by atoms with Crippen LogP contribution in [0.25, 0.3) is 0 Å². The Morgan fingerprint density at radius 1 is 1.25 bits per heavy atom. The van der Waals surface area contributed by atoms with Crippen LogP contribution in [-0.2, 0) is 16.6 Å². The molecule has 4 nitrogen and oxygen atoms in total. The molecule has 0 aliphatic rings. The van der Waals surface area contributed by atoms with E-state index in [-0.39, 0.29) is 16.5 Å². The van der Waals surface area contributed by atoms with Gasteiger partial charge in [0.25, 0.3) is 0 Å². The summed E-state index contributed by atoms with van der Waals surface area (Å²) in [7, 11) is -3.72. The molecule has 1 rings (SSSR count). The highest BCUT2D eigenvalue weighted by atomic mass is 35.5. The van der Waals surface area contributed by atoms with E-state index in [1.54, 1.807) is 0 Å². The molecule has 0 saturated heterocycles. The zero-order chi connectivity index (χ0) is 15.6. The van der Waals surface area contributed by atoms with E-state index >= 15 is 0 Å². The van der Waals surface area contributed by atoms with Crippen LogP contribution in [0.1, 0.15) is 39.2 Å². The van der Waals surface area contributed by atoms with Crippen molar-refractivity contribution < 1.29 is 8.42 Å². The van der Waals surface area contributed by atoms with Gasteiger partial charge in [-0.2, -0.15) is 0 Å². The molecule has 20 heavy (non-hydrogen) atoms. The van der Waals surface area contributed by atoms with Crippen molar-refractivity contribution in [3.8, 4) is 0 Å². The molecule has 0 saturated carbocycles. The van der Waals surface area contributed by atoms with Crippen LogP contribution in [0.2, 0.25) is 10.0 Å². The lowest BCUT2D eigenvalue weighted by molar-refractivity contribution is 0.418. The van der Waals surface area contributed by atoms with Crippen molar-refractivity contribution in [1.82, 2.24) is 4.72 Å². The van der Waals surface area contributed by atoms with Crippen LogP contribution >= 0.6 is 23.2 Å². The number of nitrogens with one attached hydrogen (secondary N) is 1. The van der Waals surface area contributed by atoms with Crippen LogP contribution in [0.3, 0.4) is 0 Å². The van der Waals surface area contributed by atoms with E-state index in [1.807, 2.05) is 20.8 Å². The molecule has 0 fully saturated rings. The molecule has 0 aliphatic heterocycles. The summed E-state index contributed by atoms with van der Waals surface area (Å²) in [5.74, 6) is 0. The molecule has 0 radical (unpaired) electrons. The van der Waals surface area contributed by atoms with Crippen molar-refractivity contribution in [3.63, 3.8) is 0 Å². The van der Waals surface area contributed by atoms with E-state index in [0.29, 0.717) is 10.6 Å². The Balaban J connectivity index is 3.22. The third kappa shape index (κ3) is 4.33. The van der Waals surface area contributed by atoms with Gasteiger partial charge in [0, 0.05) is 17.1 Å². The van der Waals surface area contributed by atoms with Crippen LogP contribution in [-0.4, -0.2) is 14.0 Å². The minimum Gasteiger partial charge on any atom is -0.326 e. The third-order valence-corrected chi connectivity index (χ3v) is 5.41. The molecule has 3 N–H and O–H groups in total. The lowest BCUT2D eigenvalue weighted by Crippen LogP contribution is -2.43. The molecular formula is C13H20Cl2N2O2S. The maximum atomic E-state index is 12.4. The van der Waals surface area contributed by atoms with Gasteiger partial charge in [-0.15, -0.1) is 0 Å². The number of benzene rings is 1. The zero-order valence-electron chi connectivity index (χ0n) is 11.8. The fourth-order valence-corrected chi connectivity index (χ4v) is 4.35. The monoisotopic (exact) mass is 338 g/mol. The number of hydrogen-bond acceptors (Lipinski definition) is 3. The SMILES string of the molecule is CCCC(C)(C)NS(=O)(=O)c1cc(CN)c(Cl)cc1Cl. The number of sulfonamides is 1. The second-order valence-corrected chi connectivity index (χ2v) is 7.78. The normalized spacial score (nSPS) is 12.7. The maximum absolute atomic E-state index is 12.4. The van der Waals surface area contributed by atoms with E-state index in [9.17, 15) is 8.42 Å². The summed E-state index contributed by atoms with van der Waals surface area (Å²) in [6.07, 6.45) is 1.60. The van der Waals surface area contributed by atoms with Crippen molar-refractivity contribution in [2.75, 3.05) is 0 Å². The molecule has 0 aromatic heterocycles. The Labute approximate surface area is 130 Å². The number of halogens is 2. The fraction of sp³-hybridized carbons (Fsp3) is 0.538. The number of nitrogens with two attached hydrogens (primary N) is 1. The predicted octanol–water partition coefficient (Wildman–Crippen LogP) is 3.31. The first-order chi connectivity index (χ1) is 9.13. The minimum absolute atomic E-state index is 0.00759. The molecule has 1 aromatic rings. The summed E-state index contributed by atoms with van der Waals surface area (Å²) in [6.45, 7) is 5.82. The summed E-state index contributed by atoms with van der Waals surface area (Å²) in [4.78, 5) is 0.00759. The Bertz CT molecular complexity index is 586. The topological polar surface area (TPSA) is 72.2 Å². The van der Waals surface area contributed by atoms with Gasteiger partial charge in [-0.3, -0.25) is 0 Å². The van der Waals surface area contributed by atoms with E-state index in [4.69, 9.17) is 28.9 Å². The number of rotatable bonds is 6. The molecule has 114 valence electrons. The van der Waals surface area contributed by atoms with Crippen LogP contribution in [0.15, 0.2) is 17.0 Å². The van der Waals surface area contributed by atoms with Crippen LogP contribution in [0.4, 0.5) is 0 Å². The second-order valence-electron chi connectivity index (χ2n) is 5.32. The van der Waals surface area contributed by atoms with Gasteiger partial charge in [0.1, 0.15) is 4.90 Å². The molecule has 0 aliphatic carbocycles. The van der Waals surface area contributed by atoms with Gasteiger partial charge < -0.3 is 5.73 Å². The largest absolute Gasteiger partial charge is 0.326 e. The highest BCUT2D eigenvalue weighted by Gasteiger charge is 2.27. The van der Waals surface area contributed by atoms with Crippen LogP contribution in [0, 0.1) is 0 Å². The van der Waals surface area contributed by atoms with E-state index in [0.717, 1.165) is 12.8 Å². The summed E-state index contributed by atoms with van der Waals surface area (Å²) in [5, 5.41) is 0.455. The lowest BCUT2D eigenvalue weighted by Gasteiger charge is -2.25. The average molecular weight is 339 g/mol. The van der Waals surface area contributed by atoms with Gasteiger partial charge in [0.05, 0.1) is 5.02 Å². The molecule has 0 unspecified atom stereocenters. The molecule has 1 aromatic carbocycles. The quantitative estimate of drug-likeness (QED) is 0.835. The fourth-order valence-electron chi connectivity index (χ4n) is 2.03. The van der Waals surface area contributed by atoms with Crippen molar-refractivity contribution >= 4 is 33.2 Å². The van der Waals surface area contributed by atoms with Gasteiger partial charge in [0.2, 0.25) is 10.0 Å². The van der Waals surface area contributed by atoms with Crippen molar-refractivity contribution in [2.45, 2.75) is 50.6 Å². The summed E-state index contributed by atoms with van der Waals surface area (Å²) in [6, 6.07) is 2.84. The van der Waals surface area contributed by atoms with Crippen LogP contribution in [0.5, 0.6) is 0 Å². The van der Waals surface area contributed by atoms with Gasteiger partial charge >= 0.3 is 0 Å². The first kappa shape index (κ1) is 17.7. The second kappa shape index (κ2) is 6.62. The zero-order valence-corrected chi connectivity index (χ0v) is 14.2. The molecule has 0 spiro atoms. The highest BCUT2D eigenvalue weighted by Crippen LogP contribution is 2.29. The summed E-state index contributed by atoms with van der Waals surface area (Å²) in [5.41, 5.74) is 5.55. The van der Waals surface area contributed by atoms with Crippen molar-refractivity contribution in [2.24, 2.45) is 5.73 Å². The molecule has 0 bridgehead atoms. The smallest absolute Gasteiger partial charge is 0.242 e. The Morgan fingerprint density at radius 3 is 2.35 bits per heavy atom. The average Bonchev–Trinajstić information content (AvgIpc) is 2.26. The van der Waals surface area contributed by atoms with Crippen molar-refractivity contribution in [1.29, 1.82) is 0 Å². The lowest BCUT2D eigenvalue weighted by atomic mass is 10.0. The highest BCUT2D eigenvalue weighted by molar-refractivity contribution is 7.89. The molecule has 7 heteroatoms. The van der Waals surface area contributed by atoms with Gasteiger partial charge in [-0.05, 0) is 38.0 Å². The van der Waals surface area contributed by atoms with E-state index in [2.05, 4.69) is 4.72 Å². The maximum Gasteiger partial charge on any atom is 0.242 e. The summed E-state index contributed by atoms with van der Waals surface area (Å²) < 4.78 is 27.6. The molecule has 0 atom stereocenters. The van der Waals surface area contributed by atoms with E-state index < -0.39 is 15.6 Å². The van der Waals surface area contributed by atoms with E-state index in [1.165, 1.54) is 12.1 Å². The Morgan fingerprint density at radius 2 is 1.85 bits per heavy atom. The van der Waals surface area contributed by atoms with Gasteiger partial charge in [0.15, 0.2) is 0 Å². The third-order valence-electron chi connectivity index (χ3n) is 2.90. The minimum atomic E-state index is -3.72. The first-order valence-corrected chi connectivity index (χ1v) is 8.59. The molecule has 0 heterocycles. The molecular weight excluding hydrogens is 319 g/mol. The number of hydrogen-bond donors (Lipinski definition) is 2. The summed E-state index contributed by atoms with van der Waals surface area (Å²) >= 11 is 12.0. The Hall–Kier alpha value is -0.330. The van der Waals surface area contributed by atoms with Crippen LogP contribution < -0.4 is 10.5 Å². The van der Waals surface area contributed by atoms with Gasteiger partial charge in [-0.25, -0.2) is 13.1 Å². The molecule has 0 amide bonds. The van der Waals surface area contributed by atoms with Gasteiger partial charge in [-0.1, -0.05) is 36.5 Å². The van der Waals surface area contributed by atoms with Crippen molar-refractivity contribution in [3.05, 3.63) is 27.7 Å². The predicted molar refractivity (Wildman–Crippen MR) is 83.7 cm³/mol. The first-order valence-electron chi connectivity index (χ1n) is 6.35. The standard InChI is InChI=1S/C13H20Cl2N2O2S/c1-4-5-13(2,3)17-20(18,19)12-6-9(8-16)10(14)7-11(12)15/h6-7,17H,4-5,8,16H2,1-3H3. The Kier molecular flexibility index (Phi) is 5.87.